The summed E-state index contributed by atoms with van der Waals surface area (Å²) in [5.74, 6) is 2.71. The van der Waals surface area contributed by atoms with E-state index >= 15 is 0 Å². The first-order valence-corrected chi connectivity index (χ1v) is 10.9. The van der Waals surface area contributed by atoms with Gasteiger partial charge in [0.1, 0.15) is 11.6 Å². The summed E-state index contributed by atoms with van der Waals surface area (Å²) in [7, 11) is 0. The van der Waals surface area contributed by atoms with Crippen molar-refractivity contribution in [3.05, 3.63) is 77.8 Å². The number of nitrogens with one attached hydrogen (secondary N) is 1. The summed E-state index contributed by atoms with van der Waals surface area (Å²) in [4.78, 5) is 14.8. The minimum Gasteiger partial charge on any atom is -0.465 e. The lowest BCUT2D eigenvalue weighted by Gasteiger charge is -2.18. The molecule has 31 heavy (non-hydrogen) atoms. The predicted molar refractivity (Wildman–Crippen MR) is 119 cm³/mol. The Kier molecular flexibility index (Phi) is 6.94. The van der Waals surface area contributed by atoms with Gasteiger partial charge in [-0.2, -0.15) is 0 Å². The smallest absolute Gasteiger partial charge is 0.220 e. The van der Waals surface area contributed by atoms with Crippen molar-refractivity contribution in [1.29, 1.82) is 0 Å². The molecule has 0 aliphatic carbocycles. The van der Waals surface area contributed by atoms with E-state index in [1.807, 2.05) is 55.5 Å². The van der Waals surface area contributed by atoms with E-state index in [1.165, 1.54) is 5.56 Å². The molecule has 3 heterocycles. The number of fused-ring (bicyclic) bond motifs is 1. The molecular weight excluding hydrogens is 390 g/mol. The number of carbonyl (C=O) groups excluding carboxylic acids is 1. The third-order valence-electron chi connectivity index (χ3n) is 5.58. The normalized spacial score (nSPS) is 15.5. The Bertz CT molecular complexity index is 994. The molecular formula is C24H29N5O2. The predicted octanol–water partition coefficient (Wildman–Crippen LogP) is 3.25. The lowest BCUT2D eigenvalue weighted by Crippen LogP contribution is -2.30. The highest BCUT2D eigenvalue weighted by Crippen LogP contribution is 2.16. The number of furan rings is 1. The number of hydrogen-bond acceptors (Lipinski definition) is 5. The summed E-state index contributed by atoms with van der Waals surface area (Å²) in [6, 6.07) is 13.7. The third-order valence-corrected chi connectivity index (χ3v) is 5.58. The first-order chi connectivity index (χ1) is 15.2. The highest BCUT2D eigenvalue weighted by atomic mass is 16.3. The number of aryl methyl sites for hydroxylation is 1. The fourth-order valence-corrected chi connectivity index (χ4v) is 3.88. The molecule has 1 aromatic carbocycles. The zero-order valence-corrected chi connectivity index (χ0v) is 17.9. The van der Waals surface area contributed by atoms with E-state index in [2.05, 4.69) is 31.1 Å². The Morgan fingerprint density at radius 3 is 2.84 bits per heavy atom. The van der Waals surface area contributed by atoms with Gasteiger partial charge in [-0.1, -0.05) is 36.4 Å². The number of aromatic nitrogens is 3. The van der Waals surface area contributed by atoms with Crippen molar-refractivity contribution in [2.45, 2.75) is 38.8 Å². The first-order valence-electron chi connectivity index (χ1n) is 10.9. The summed E-state index contributed by atoms with van der Waals surface area (Å²) in [5, 5.41) is 11.9. The lowest BCUT2D eigenvalue weighted by atomic mass is 10.1. The molecule has 1 atom stereocenters. The molecule has 1 N–H and O–H groups in total. The van der Waals surface area contributed by atoms with Crippen LogP contribution in [0.3, 0.4) is 0 Å². The fraction of sp³-hybridized carbons (Fsp3) is 0.375. The van der Waals surface area contributed by atoms with Gasteiger partial charge in [0.2, 0.25) is 5.91 Å². The van der Waals surface area contributed by atoms with E-state index in [1.54, 1.807) is 6.26 Å². The van der Waals surface area contributed by atoms with Crippen LogP contribution < -0.4 is 5.32 Å². The van der Waals surface area contributed by atoms with E-state index < -0.39 is 0 Å². The molecule has 4 rings (SSSR count). The van der Waals surface area contributed by atoms with Gasteiger partial charge < -0.3 is 14.3 Å². The van der Waals surface area contributed by atoms with Crippen molar-refractivity contribution >= 4 is 12.0 Å². The van der Waals surface area contributed by atoms with Gasteiger partial charge in [-0.25, -0.2) is 0 Å². The maximum atomic E-state index is 12.4. The highest BCUT2D eigenvalue weighted by Gasteiger charge is 2.22. The largest absolute Gasteiger partial charge is 0.465 e. The van der Waals surface area contributed by atoms with Crippen molar-refractivity contribution in [3.8, 4) is 0 Å². The number of benzene rings is 1. The highest BCUT2D eigenvalue weighted by molar-refractivity contribution is 5.76. The standard InChI is InChI=1S/C24H29N5O2/c1-19(25-23(30)12-11-20-7-3-2-4-8-20)24-27-26-22-13-15-28(16-17-29(22)24)14-5-9-21-10-6-18-31-21/h2-10,18-19H,11-17H2,1H3,(H,25,30)/b9-5+. The van der Waals surface area contributed by atoms with Crippen LogP contribution in [0.2, 0.25) is 0 Å². The van der Waals surface area contributed by atoms with E-state index in [9.17, 15) is 4.79 Å². The molecule has 7 nitrogen and oxygen atoms in total. The van der Waals surface area contributed by atoms with Crippen LogP contribution in [0.4, 0.5) is 0 Å². The fourth-order valence-electron chi connectivity index (χ4n) is 3.88. The van der Waals surface area contributed by atoms with Gasteiger partial charge in [-0.15, -0.1) is 10.2 Å². The van der Waals surface area contributed by atoms with Crippen molar-refractivity contribution < 1.29 is 9.21 Å². The van der Waals surface area contributed by atoms with E-state index in [-0.39, 0.29) is 11.9 Å². The molecule has 0 saturated carbocycles. The molecule has 1 aliphatic heterocycles. The van der Waals surface area contributed by atoms with Crippen LogP contribution in [-0.4, -0.2) is 45.2 Å². The van der Waals surface area contributed by atoms with E-state index in [0.717, 1.165) is 56.4 Å². The van der Waals surface area contributed by atoms with Gasteiger partial charge in [-0.05, 0) is 37.1 Å². The summed E-state index contributed by atoms with van der Waals surface area (Å²) in [6.45, 7) is 5.50. The van der Waals surface area contributed by atoms with E-state index in [4.69, 9.17) is 4.42 Å². The van der Waals surface area contributed by atoms with Crippen molar-refractivity contribution in [2.24, 2.45) is 0 Å². The molecule has 1 aliphatic rings. The molecule has 2 aromatic heterocycles. The molecule has 3 aromatic rings. The Morgan fingerprint density at radius 2 is 2.03 bits per heavy atom. The number of amides is 1. The second-order valence-electron chi connectivity index (χ2n) is 7.87. The second kappa shape index (κ2) is 10.2. The monoisotopic (exact) mass is 419 g/mol. The average Bonchev–Trinajstić information content (AvgIpc) is 3.40. The van der Waals surface area contributed by atoms with Gasteiger partial charge in [0.05, 0.1) is 12.3 Å². The van der Waals surface area contributed by atoms with Crippen LogP contribution in [0.1, 0.15) is 42.4 Å². The molecule has 7 heteroatoms. The Morgan fingerprint density at radius 1 is 1.16 bits per heavy atom. The van der Waals surface area contributed by atoms with Gasteiger partial charge in [0.15, 0.2) is 5.82 Å². The molecule has 0 radical (unpaired) electrons. The zero-order chi connectivity index (χ0) is 21.5. The topological polar surface area (TPSA) is 76.2 Å². The van der Waals surface area contributed by atoms with Crippen LogP contribution in [0, 0.1) is 0 Å². The Hall–Kier alpha value is -3.19. The number of rotatable bonds is 8. The molecule has 0 bridgehead atoms. The maximum Gasteiger partial charge on any atom is 0.220 e. The van der Waals surface area contributed by atoms with Crippen molar-refractivity contribution in [2.75, 3.05) is 19.6 Å². The second-order valence-corrected chi connectivity index (χ2v) is 7.87. The summed E-state index contributed by atoms with van der Waals surface area (Å²) in [6.07, 6.45) is 7.85. The molecule has 162 valence electrons. The van der Waals surface area contributed by atoms with Gasteiger partial charge >= 0.3 is 0 Å². The SMILES string of the molecule is CC(NC(=O)CCc1ccccc1)c1nnc2n1CCN(C/C=C/c1ccco1)CC2. The molecule has 0 fully saturated rings. The molecule has 1 amide bonds. The van der Waals surface area contributed by atoms with Crippen LogP contribution in [-0.2, 0) is 24.2 Å². The lowest BCUT2D eigenvalue weighted by molar-refractivity contribution is -0.121. The van der Waals surface area contributed by atoms with Crippen LogP contribution >= 0.6 is 0 Å². The average molecular weight is 420 g/mol. The summed E-state index contributed by atoms with van der Waals surface area (Å²) >= 11 is 0. The summed E-state index contributed by atoms with van der Waals surface area (Å²) < 4.78 is 7.50. The van der Waals surface area contributed by atoms with Crippen LogP contribution in [0.5, 0.6) is 0 Å². The molecule has 1 unspecified atom stereocenters. The van der Waals surface area contributed by atoms with Gasteiger partial charge in [-0.3, -0.25) is 9.69 Å². The van der Waals surface area contributed by atoms with Gasteiger partial charge in [0.25, 0.3) is 0 Å². The molecule has 0 saturated heterocycles. The number of nitrogens with zero attached hydrogens (tertiary/aromatic N) is 4. The van der Waals surface area contributed by atoms with Crippen LogP contribution in [0.15, 0.2) is 59.2 Å². The minimum atomic E-state index is -0.171. The minimum absolute atomic E-state index is 0.0343. The number of hydrogen-bond donors (Lipinski definition) is 1. The van der Waals surface area contributed by atoms with Crippen molar-refractivity contribution in [1.82, 2.24) is 25.0 Å². The zero-order valence-electron chi connectivity index (χ0n) is 17.9. The Balaban J connectivity index is 1.29. The number of carbonyl (C=O) groups is 1. The third kappa shape index (κ3) is 5.70. The quantitative estimate of drug-likeness (QED) is 0.607. The summed E-state index contributed by atoms with van der Waals surface area (Å²) in [5.41, 5.74) is 1.17. The Labute approximate surface area is 182 Å². The molecule has 0 spiro atoms. The first kappa shape index (κ1) is 21.1. The van der Waals surface area contributed by atoms with Crippen molar-refractivity contribution in [3.63, 3.8) is 0 Å². The maximum absolute atomic E-state index is 12.4. The van der Waals surface area contributed by atoms with Gasteiger partial charge in [0, 0.05) is 39.0 Å². The van der Waals surface area contributed by atoms with E-state index in [0.29, 0.717) is 6.42 Å². The van der Waals surface area contributed by atoms with Crippen LogP contribution in [0.25, 0.3) is 6.08 Å².